The number of fused-ring (bicyclic) bond motifs is 1. The maximum atomic E-state index is 13.0. The molecule has 1 aliphatic heterocycles. The highest BCUT2D eigenvalue weighted by molar-refractivity contribution is 7.10. The number of carbonyl (C=O) groups is 1. The maximum absolute atomic E-state index is 13.0. The Morgan fingerprint density at radius 3 is 2.97 bits per heavy atom. The van der Waals surface area contributed by atoms with Crippen LogP contribution in [-0.2, 0) is 19.5 Å². The zero-order valence-corrected chi connectivity index (χ0v) is 17.9. The first-order valence-corrected chi connectivity index (χ1v) is 10.9. The number of rotatable bonds is 6. The van der Waals surface area contributed by atoms with E-state index in [4.69, 9.17) is 4.52 Å². The molecule has 0 aromatic carbocycles. The van der Waals surface area contributed by atoms with Crippen molar-refractivity contribution in [3.63, 3.8) is 0 Å². The molecule has 0 saturated carbocycles. The SMILES string of the molecule is CC[C@@H](NC(=O)c1csc2c1CCN(Cc1c(C)noc1C)C2)c1cccnc1. The van der Waals surface area contributed by atoms with Crippen molar-refractivity contribution in [2.24, 2.45) is 0 Å². The first kappa shape index (κ1) is 19.8. The Hall–Kier alpha value is -2.51. The predicted octanol–water partition coefficient (Wildman–Crippen LogP) is 4.19. The predicted molar refractivity (Wildman–Crippen MR) is 113 cm³/mol. The molecule has 1 aliphatic rings. The molecule has 1 atom stereocenters. The van der Waals surface area contributed by atoms with Gasteiger partial charge in [0.1, 0.15) is 5.76 Å². The van der Waals surface area contributed by atoms with E-state index in [1.165, 1.54) is 16.0 Å². The summed E-state index contributed by atoms with van der Waals surface area (Å²) in [5.41, 5.74) is 5.19. The quantitative estimate of drug-likeness (QED) is 0.660. The molecule has 29 heavy (non-hydrogen) atoms. The maximum Gasteiger partial charge on any atom is 0.252 e. The molecule has 0 fully saturated rings. The van der Waals surface area contributed by atoms with Crippen molar-refractivity contribution in [3.05, 3.63) is 68.5 Å². The van der Waals surface area contributed by atoms with Crippen molar-refractivity contribution in [1.82, 2.24) is 20.4 Å². The number of aryl methyl sites for hydroxylation is 2. The molecule has 1 N–H and O–H groups in total. The number of amides is 1. The van der Waals surface area contributed by atoms with Crippen LogP contribution in [0.2, 0.25) is 0 Å². The van der Waals surface area contributed by atoms with E-state index in [9.17, 15) is 4.79 Å². The van der Waals surface area contributed by atoms with Crippen LogP contribution in [0.15, 0.2) is 34.4 Å². The molecular weight excluding hydrogens is 384 g/mol. The van der Waals surface area contributed by atoms with Crippen LogP contribution in [-0.4, -0.2) is 27.5 Å². The third-order valence-electron chi connectivity index (χ3n) is 5.63. The van der Waals surface area contributed by atoms with Crippen molar-refractivity contribution in [1.29, 1.82) is 0 Å². The third-order valence-corrected chi connectivity index (χ3v) is 6.65. The third kappa shape index (κ3) is 4.11. The van der Waals surface area contributed by atoms with Gasteiger partial charge in [-0.2, -0.15) is 0 Å². The van der Waals surface area contributed by atoms with Gasteiger partial charge >= 0.3 is 0 Å². The molecule has 0 unspecified atom stereocenters. The number of nitrogens with one attached hydrogen (secondary N) is 1. The van der Waals surface area contributed by atoms with Gasteiger partial charge < -0.3 is 9.84 Å². The van der Waals surface area contributed by atoms with Crippen LogP contribution in [0.1, 0.15) is 62.8 Å². The van der Waals surface area contributed by atoms with Gasteiger partial charge in [-0.3, -0.25) is 14.7 Å². The van der Waals surface area contributed by atoms with E-state index in [-0.39, 0.29) is 11.9 Å². The number of hydrogen-bond donors (Lipinski definition) is 1. The van der Waals surface area contributed by atoms with E-state index in [1.807, 2.05) is 37.6 Å². The Labute approximate surface area is 174 Å². The van der Waals surface area contributed by atoms with Crippen LogP contribution in [0.25, 0.3) is 0 Å². The molecule has 0 aliphatic carbocycles. The summed E-state index contributed by atoms with van der Waals surface area (Å²) in [4.78, 5) is 20.8. The fourth-order valence-corrected chi connectivity index (χ4v) is 5.02. The summed E-state index contributed by atoms with van der Waals surface area (Å²) in [7, 11) is 0. The van der Waals surface area contributed by atoms with Gasteiger partial charge in [0.2, 0.25) is 0 Å². The Bertz CT molecular complexity index is 976. The average Bonchev–Trinajstić information content (AvgIpc) is 3.30. The lowest BCUT2D eigenvalue weighted by Gasteiger charge is -2.27. The van der Waals surface area contributed by atoms with Crippen molar-refractivity contribution in [2.75, 3.05) is 6.54 Å². The Balaban J connectivity index is 1.45. The minimum Gasteiger partial charge on any atom is -0.361 e. The number of thiophene rings is 1. The molecule has 7 heteroatoms. The molecular formula is C22H26N4O2S. The number of carbonyl (C=O) groups excluding carboxylic acids is 1. The molecule has 0 bridgehead atoms. The zero-order valence-electron chi connectivity index (χ0n) is 17.1. The smallest absolute Gasteiger partial charge is 0.252 e. The lowest BCUT2D eigenvalue weighted by molar-refractivity contribution is 0.0934. The number of pyridine rings is 1. The van der Waals surface area contributed by atoms with Crippen LogP contribution < -0.4 is 5.32 Å². The summed E-state index contributed by atoms with van der Waals surface area (Å²) in [6, 6.07) is 3.90. The average molecular weight is 411 g/mol. The topological polar surface area (TPSA) is 71.3 Å². The summed E-state index contributed by atoms with van der Waals surface area (Å²) in [6.07, 6.45) is 5.29. The normalized spacial score (nSPS) is 15.1. The second-order valence-electron chi connectivity index (χ2n) is 7.54. The largest absolute Gasteiger partial charge is 0.361 e. The summed E-state index contributed by atoms with van der Waals surface area (Å²) >= 11 is 1.68. The monoisotopic (exact) mass is 410 g/mol. The van der Waals surface area contributed by atoms with E-state index in [2.05, 4.69) is 27.3 Å². The molecule has 0 spiro atoms. The van der Waals surface area contributed by atoms with E-state index in [1.54, 1.807) is 17.5 Å². The van der Waals surface area contributed by atoms with Gasteiger partial charge in [-0.1, -0.05) is 18.1 Å². The molecule has 6 nitrogen and oxygen atoms in total. The van der Waals surface area contributed by atoms with Gasteiger partial charge in [0.15, 0.2) is 0 Å². The highest BCUT2D eigenvalue weighted by Gasteiger charge is 2.26. The number of nitrogens with zero attached hydrogens (tertiary/aromatic N) is 3. The van der Waals surface area contributed by atoms with Gasteiger partial charge in [-0.15, -0.1) is 11.3 Å². The van der Waals surface area contributed by atoms with E-state index in [0.29, 0.717) is 0 Å². The lowest BCUT2D eigenvalue weighted by atomic mass is 10.0. The van der Waals surface area contributed by atoms with E-state index in [0.717, 1.165) is 55.1 Å². The molecule has 0 saturated heterocycles. The van der Waals surface area contributed by atoms with Crippen LogP contribution in [0, 0.1) is 13.8 Å². The Kier molecular flexibility index (Phi) is 5.78. The molecule has 3 aromatic rings. The molecule has 1 amide bonds. The minimum atomic E-state index is -0.0219. The Morgan fingerprint density at radius 1 is 1.41 bits per heavy atom. The molecule has 3 aromatic heterocycles. The van der Waals surface area contributed by atoms with Crippen molar-refractivity contribution >= 4 is 17.2 Å². The van der Waals surface area contributed by atoms with Gasteiger partial charge in [0, 0.05) is 47.8 Å². The summed E-state index contributed by atoms with van der Waals surface area (Å²) in [5, 5.41) is 9.26. The van der Waals surface area contributed by atoms with Gasteiger partial charge in [0.25, 0.3) is 5.91 Å². The standard InChI is InChI=1S/C22H26N4O2S/c1-4-20(16-6-5-8-23-10-16)24-22(27)19-13-29-21-12-26(9-7-17(19)21)11-18-14(2)25-28-15(18)3/h5-6,8,10,13,20H,4,7,9,11-12H2,1-3H3,(H,24,27)/t20-/m1/s1. The summed E-state index contributed by atoms with van der Waals surface area (Å²) in [5.74, 6) is 0.901. The van der Waals surface area contributed by atoms with Crippen LogP contribution in [0.5, 0.6) is 0 Å². The molecule has 4 heterocycles. The fourth-order valence-electron chi connectivity index (χ4n) is 3.90. The van der Waals surface area contributed by atoms with Gasteiger partial charge in [-0.05, 0) is 43.9 Å². The van der Waals surface area contributed by atoms with E-state index >= 15 is 0 Å². The van der Waals surface area contributed by atoms with Crippen LogP contribution >= 0.6 is 11.3 Å². The molecule has 152 valence electrons. The first-order chi connectivity index (χ1) is 14.1. The fraction of sp³-hybridized carbons (Fsp3) is 0.409. The summed E-state index contributed by atoms with van der Waals surface area (Å²) in [6.45, 7) is 8.64. The number of aromatic nitrogens is 2. The highest BCUT2D eigenvalue weighted by atomic mass is 32.1. The Morgan fingerprint density at radius 2 is 2.28 bits per heavy atom. The highest BCUT2D eigenvalue weighted by Crippen LogP contribution is 2.30. The lowest BCUT2D eigenvalue weighted by Crippen LogP contribution is -2.32. The first-order valence-electron chi connectivity index (χ1n) is 10.0. The number of hydrogen-bond acceptors (Lipinski definition) is 6. The summed E-state index contributed by atoms with van der Waals surface area (Å²) < 4.78 is 5.29. The van der Waals surface area contributed by atoms with E-state index < -0.39 is 0 Å². The van der Waals surface area contributed by atoms with Crippen molar-refractivity contribution < 1.29 is 9.32 Å². The molecule has 0 radical (unpaired) electrons. The van der Waals surface area contributed by atoms with Crippen molar-refractivity contribution in [3.8, 4) is 0 Å². The zero-order chi connectivity index (χ0) is 20.4. The van der Waals surface area contributed by atoms with Crippen LogP contribution in [0.3, 0.4) is 0 Å². The van der Waals surface area contributed by atoms with Crippen LogP contribution in [0.4, 0.5) is 0 Å². The second-order valence-corrected chi connectivity index (χ2v) is 8.50. The van der Waals surface area contributed by atoms with Gasteiger partial charge in [-0.25, -0.2) is 0 Å². The molecule has 4 rings (SSSR count). The second kappa shape index (κ2) is 8.47. The minimum absolute atomic E-state index is 0.0115. The van der Waals surface area contributed by atoms with Crippen molar-refractivity contribution in [2.45, 2.75) is 52.7 Å². The van der Waals surface area contributed by atoms with Gasteiger partial charge in [0.05, 0.1) is 17.3 Å².